The van der Waals surface area contributed by atoms with E-state index in [0.29, 0.717) is 0 Å². The van der Waals surface area contributed by atoms with Gasteiger partial charge in [0.15, 0.2) is 0 Å². The van der Waals surface area contributed by atoms with E-state index < -0.39 is 0 Å². The van der Waals surface area contributed by atoms with Crippen molar-refractivity contribution in [3.63, 3.8) is 0 Å². The molecule has 0 saturated carbocycles. The Kier molecular flexibility index (Phi) is 5.25. The maximum atomic E-state index is 5.20. The van der Waals surface area contributed by atoms with Crippen LogP contribution in [0.1, 0.15) is 0 Å². The first-order chi connectivity index (χ1) is 4.85. The summed E-state index contributed by atoms with van der Waals surface area (Å²) in [6.07, 6.45) is 6.96. The van der Waals surface area contributed by atoms with Gasteiger partial charge >= 0.3 is 0 Å². The number of hydrogen-bond acceptors (Lipinski definition) is 2. The summed E-state index contributed by atoms with van der Waals surface area (Å²) in [5, 5.41) is 0. The van der Waals surface area contributed by atoms with E-state index in [9.17, 15) is 0 Å². The molecule has 0 atom stereocenters. The Morgan fingerprint density at radius 1 is 1.20 bits per heavy atom. The molecule has 2 heteroatoms. The lowest BCUT2D eigenvalue weighted by atomic mass is 10.5. The second-order valence-electron chi connectivity index (χ2n) is 1.87. The zero-order valence-corrected chi connectivity index (χ0v) is 6.16. The second-order valence-corrected chi connectivity index (χ2v) is 1.87. The molecule has 0 aliphatic carbocycles. The zero-order chi connectivity index (χ0) is 7.82. The van der Waals surface area contributed by atoms with Crippen LogP contribution in [-0.4, -0.2) is 18.0 Å². The third-order valence-corrected chi connectivity index (χ3v) is 1.02. The maximum Gasteiger partial charge on any atom is 0.0355 e. The van der Waals surface area contributed by atoms with Crippen LogP contribution in [0.25, 0.3) is 0 Å². The molecule has 0 aromatic carbocycles. The fraction of sp³-hybridized carbons (Fsp3) is 0.250. The van der Waals surface area contributed by atoms with Crippen molar-refractivity contribution in [2.75, 3.05) is 13.1 Å². The minimum Gasteiger partial charge on any atom is -0.403 e. The van der Waals surface area contributed by atoms with Crippen molar-refractivity contribution in [1.82, 2.24) is 4.90 Å². The van der Waals surface area contributed by atoms with Gasteiger partial charge in [-0.1, -0.05) is 12.2 Å². The highest BCUT2D eigenvalue weighted by Gasteiger charge is 1.89. The molecule has 2 N–H and O–H groups in total. The van der Waals surface area contributed by atoms with Crippen LogP contribution < -0.4 is 5.73 Å². The van der Waals surface area contributed by atoms with Crippen LogP contribution in [0.2, 0.25) is 0 Å². The van der Waals surface area contributed by atoms with Gasteiger partial charge < -0.3 is 10.6 Å². The molecule has 0 aliphatic rings. The SMILES string of the molecule is C=CCN(C=CN)CC=C. The molecule has 0 amide bonds. The van der Waals surface area contributed by atoms with Gasteiger partial charge in [0.25, 0.3) is 0 Å². The number of hydrogen-bond donors (Lipinski definition) is 1. The lowest BCUT2D eigenvalue weighted by Crippen LogP contribution is -2.17. The summed E-state index contributed by atoms with van der Waals surface area (Å²) in [6, 6.07) is 0. The first-order valence-corrected chi connectivity index (χ1v) is 3.19. The van der Waals surface area contributed by atoms with Gasteiger partial charge in [-0.05, 0) is 0 Å². The molecule has 0 saturated heterocycles. The standard InChI is InChI=1S/C8H14N2/c1-3-6-10(7-4-2)8-5-9/h3-5,8H,1-2,6-7,9H2. The fourth-order valence-corrected chi connectivity index (χ4v) is 0.650. The van der Waals surface area contributed by atoms with Crippen LogP contribution in [-0.2, 0) is 0 Å². The van der Waals surface area contributed by atoms with Crippen LogP contribution in [0.5, 0.6) is 0 Å². The molecule has 0 aliphatic heterocycles. The van der Waals surface area contributed by atoms with Crippen LogP contribution in [0.4, 0.5) is 0 Å². The minimum absolute atomic E-state index is 0.805. The Hall–Kier alpha value is -1.18. The number of nitrogens with two attached hydrogens (primary N) is 1. The van der Waals surface area contributed by atoms with Gasteiger partial charge in [0, 0.05) is 25.5 Å². The third kappa shape index (κ3) is 3.78. The molecular weight excluding hydrogens is 124 g/mol. The Bertz CT molecular complexity index is 117. The predicted molar refractivity (Wildman–Crippen MR) is 45.3 cm³/mol. The summed E-state index contributed by atoms with van der Waals surface area (Å²) in [4.78, 5) is 2.00. The first-order valence-electron chi connectivity index (χ1n) is 3.19. The molecule has 0 unspecified atom stereocenters. The Morgan fingerprint density at radius 3 is 2.00 bits per heavy atom. The van der Waals surface area contributed by atoms with E-state index >= 15 is 0 Å². The Labute approximate surface area is 62.3 Å². The van der Waals surface area contributed by atoms with E-state index in [-0.39, 0.29) is 0 Å². The second kappa shape index (κ2) is 5.95. The van der Waals surface area contributed by atoms with E-state index in [1.807, 2.05) is 23.3 Å². The highest BCUT2D eigenvalue weighted by atomic mass is 15.1. The van der Waals surface area contributed by atoms with Crippen molar-refractivity contribution in [3.8, 4) is 0 Å². The van der Waals surface area contributed by atoms with Crippen molar-refractivity contribution in [2.24, 2.45) is 5.73 Å². The predicted octanol–water partition coefficient (Wildman–Crippen LogP) is 1.09. The zero-order valence-electron chi connectivity index (χ0n) is 6.16. The lowest BCUT2D eigenvalue weighted by Gasteiger charge is -2.14. The van der Waals surface area contributed by atoms with Crippen molar-refractivity contribution >= 4 is 0 Å². The van der Waals surface area contributed by atoms with Crippen LogP contribution >= 0.6 is 0 Å². The van der Waals surface area contributed by atoms with Gasteiger partial charge in [0.05, 0.1) is 0 Å². The molecular formula is C8H14N2. The molecule has 2 nitrogen and oxygen atoms in total. The van der Waals surface area contributed by atoms with Crippen molar-refractivity contribution < 1.29 is 0 Å². The summed E-state index contributed by atoms with van der Waals surface area (Å²) in [5.41, 5.74) is 5.20. The Balaban J connectivity index is 3.70. The fourth-order valence-electron chi connectivity index (χ4n) is 0.650. The monoisotopic (exact) mass is 138 g/mol. The van der Waals surface area contributed by atoms with Gasteiger partial charge in [-0.3, -0.25) is 0 Å². The third-order valence-electron chi connectivity index (χ3n) is 1.02. The largest absolute Gasteiger partial charge is 0.403 e. The van der Waals surface area contributed by atoms with Gasteiger partial charge in [-0.2, -0.15) is 0 Å². The summed E-state index contributed by atoms with van der Waals surface area (Å²) >= 11 is 0. The van der Waals surface area contributed by atoms with Crippen LogP contribution in [0.15, 0.2) is 37.7 Å². The number of rotatable bonds is 5. The van der Waals surface area contributed by atoms with Crippen LogP contribution in [0, 0.1) is 0 Å². The molecule has 0 radical (unpaired) electrons. The first kappa shape index (κ1) is 8.82. The normalized spacial score (nSPS) is 9.60. The van der Waals surface area contributed by atoms with Gasteiger partial charge in [-0.15, -0.1) is 13.2 Å². The van der Waals surface area contributed by atoms with E-state index in [4.69, 9.17) is 5.73 Å². The van der Waals surface area contributed by atoms with Crippen molar-refractivity contribution in [1.29, 1.82) is 0 Å². The molecule has 0 heterocycles. The minimum atomic E-state index is 0.805. The molecule has 0 bridgehead atoms. The quantitative estimate of drug-likeness (QED) is 0.576. The average Bonchev–Trinajstić information content (AvgIpc) is 1.90. The molecule has 0 fully saturated rings. The summed E-state index contributed by atoms with van der Waals surface area (Å²) in [7, 11) is 0. The van der Waals surface area contributed by atoms with Crippen LogP contribution in [0.3, 0.4) is 0 Å². The lowest BCUT2D eigenvalue weighted by molar-refractivity contribution is 0.462. The summed E-state index contributed by atoms with van der Waals surface area (Å²) < 4.78 is 0. The molecule has 10 heavy (non-hydrogen) atoms. The highest BCUT2D eigenvalue weighted by Crippen LogP contribution is 1.88. The van der Waals surface area contributed by atoms with E-state index in [0.717, 1.165) is 13.1 Å². The molecule has 0 aromatic rings. The topological polar surface area (TPSA) is 29.3 Å². The van der Waals surface area contributed by atoms with Gasteiger partial charge in [0.1, 0.15) is 0 Å². The van der Waals surface area contributed by atoms with E-state index in [1.54, 1.807) is 0 Å². The van der Waals surface area contributed by atoms with E-state index in [1.165, 1.54) is 6.20 Å². The summed E-state index contributed by atoms with van der Waals surface area (Å²) in [6.45, 7) is 8.84. The van der Waals surface area contributed by atoms with E-state index in [2.05, 4.69) is 13.2 Å². The average molecular weight is 138 g/mol. The van der Waals surface area contributed by atoms with Gasteiger partial charge in [0.2, 0.25) is 0 Å². The molecule has 0 rings (SSSR count). The number of nitrogens with zero attached hydrogens (tertiary/aromatic N) is 1. The molecule has 56 valence electrons. The molecule has 0 spiro atoms. The molecule has 0 aromatic heterocycles. The van der Waals surface area contributed by atoms with Crippen molar-refractivity contribution in [3.05, 3.63) is 37.7 Å². The smallest absolute Gasteiger partial charge is 0.0355 e. The van der Waals surface area contributed by atoms with Gasteiger partial charge in [-0.25, -0.2) is 0 Å². The summed E-state index contributed by atoms with van der Waals surface area (Å²) in [5.74, 6) is 0. The Morgan fingerprint density at radius 2 is 1.70 bits per heavy atom. The van der Waals surface area contributed by atoms with Crippen molar-refractivity contribution in [2.45, 2.75) is 0 Å². The maximum absolute atomic E-state index is 5.20. The highest BCUT2D eigenvalue weighted by molar-refractivity contribution is 4.87.